The zero-order chi connectivity index (χ0) is 15.5. The molecule has 1 aromatic rings. The van der Waals surface area contributed by atoms with Gasteiger partial charge in [-0.3, -0.25) is 0 Å². The SMILES string of the molecule is CN(CCC(O)c1ccccc1Br)C1CCC(C)(C)CC1. The lowest BCUT2D eigenvalue weighted by atomic mass is 9.75. The van der Waals surface area contributed by atoms with E-state index >= 15 is 0 Å². The van der Waals surface area contributed by atoms with Crippen molar-refractivity contribution in [2.75, 3.05) is 13.6 Å². The van der Waals surface area contributed by atoms with Crippen LogP contribution in [0.25, 0.3) is 0 Å². The molecule has 2 nitrogen and oxygen atoms in total. The highest BCUT2D eigenvalue weighted by molar-refractivity contribution is 9.10. The summed E-state index contributed by atoms with van der Waals surface area (Å²) in [5, 5.41) is 10.4. The monoisotopic (exact) mass is 353 g/mol. The topological polar surface area (TPSA) is 23.5 Å². The quantitative estimate of drug-likeness (QED) is 0.823. The highest BCUT2D eigenvalue weighted by atomic mass is 79.9. The van der Waals surface area contributed by atoms with Crippen LogP contribution in [-0.2, 0) is 0 Å². The van der Waals surface area contributed by atoms with Gasteiger partial charge in [-0.05, 0) is 56.2 Å². The van der Waals surface area contributed by atoms with Gasteiger partial charge in [0.05, 0.1) is 6.10 Å². The zero-order valence-electron chi connectivity index (χ0n) is 13.5. The maximum absolute atomic E-state index is 10.4. The van der Waals surface area contributed by atoms with Crippen LogP contribution in [0.5, 0.6) is 0 Å². The molecule has 3 heteroatoms. The van der Waals surface area contributed by atoms with E-state index in [1.165, 1.54) is 25.7 Å². The predicted molar refractivity (Wildman–Crippen MR) is 92.4 cm³/mol. The molecular formula is C18H28BrNO. The first-order chi connectivity index (χ1) is 9.89. The summed E-state index contributed by atoms with van der Waals surface area (Å²) in [5.41, 5.74) is 1.52. The Morgan fingerprint density at radius 1 is 1.29 bits per heavy atom. The van der Waals surface area contributed by atoms with Crippen LogP contribution in [-0.4, -0.2) is 29.6 Å². The second-order valence-corrected chi connectivity index (χ2v) is 8.06. The smallest absolute Gasteiger partial charge is 0.0813 e. The van der Waals surface area contributed by atoms with Gasteiger partial charge in [0.15, 0.2) is 0 Å². The number of nitrogens with zero attached hydrogens (tertiary/aromatic N) is 1. The number of aliphatic hydroxyl groups is 1. The van der Waals surface area contributed by atoms with Crippen LogP contribution in [0, 0.1) is 5.41 Å². The Kier molecular flexibility index (Phi) is 5.87. The number of benzene rings is 1. The Labute approximate surface area is 137 Å². The molecule has 0 amide bonds. The summed E-state index contributed by atoms with van der Waals surface area (Å²) in [7, 11) is 2.20. The van der Waals surface area contributed by atoms with Gasteiger partial charge in [0.25, 0.3) is 0 Å². The lowest BCUT2D eigenvalue weighted by molar-refractivity contribution is 0.101. The second kappa shape index (κ2) is 7.26. The van der Waals surface area contributed by atoms with E-state index in [1.54, 1.807) is 0 Å². The Morgan fingerprint density at radius 3 is 2.52 bits per heavy atom. The molecule has 0 aromatic heterocycles. The van der Waals surface area contributed by atoms with E-state index in [9.17, 15) is 5.11 Å². The molecule has 0 saturated heterocycles. The average Bonchev–Trinajstić information content (AvgIpc) is 2.45. The Balaban J connectivity index is 1.81. The molecule has 1 N–H and O–H groups in total. The first-order valence-electron chi connectivity index (χ1n) is 8.02. The number of aliphatic hydroxyl groups excluding tert-OH is 1. The second-order valence-electron chi connectivity index (χ2n) is 7.20. The molecule has 1 fully saturated rings. The van der Waals surface area contributed by atoms with Crippen molar-refractivity contribution in [1.82, 2.24) is 4.90 Å². The molecule has 0 spiro atoms. The summed E-state index contributed by atoms with van der Waals surface area (Å²) in [5.74, 6) is 0. The third-order valence-electron chi connectivity index (χ3n) is 4.95. The van der Waals surface area contributed by atoms with E-state index in [0.29, 0.717) is 11.5 Å². The fourth-order valence-corrected chi connectivity index (χ4v) is 3.78. The first-order valence-corrected chi connectivity index (χ1v) is 8.81. The minimum atomic E-state index is -0.386. The van der Waals surface area contributed by atoms with Crippen molar-refractivity contribution in [3.05, 3.63) is 34.3 Å². The van der Waals surface area contributed by atoms with Gasteiger partial charge in [-0.15, -0.1) is 0 Å². The highest BCUT2D eigenvalue weighted by Gasteiger charge is 2.28. The lowest BCUT2D eigenvalue weighted by Gasteiger charge is -2.38. The first kappa shape index (κ1) is 17.0. The molecule has 0 radical (unpaired) electrons. The number of hydrogen-bond acceptors (Lipinski definition) is 2. The summed E-state index contributed by atoms with van der Waals surface area (Å²) in [6.07, 6.45) is 5.61. The van der Waals surface area contributed by atoms with Gasteiger partial charge in [-0.25, -0.2) is 0 Å². The van der Waals surface area contributed by atoms with E-state index in [0.717, 1.165) is 23.0 Å². The molecule has 1 saturated carbocycles. The van der Waals surface area contributed by atoms with Crippen LogP contribution in [0.1, 0.15) is 57.6 Å². The molecule has 0 bridgehead atoms. The molecule has 0 aliphatic heterocycles. The van der Waals surface area contributed by atoms with Gasteiger partial charge >= 0.3 is 0 Å². The summed E-state index contributed by atoms with van der Waals surface area (Å²) in [6, 6.07) is 8.64. The predicted octanol–water partition coefficient (Wildman–Crippen LogP) is 4.77. The molecule has 118 valence electrons. The summed E-state index contributed by atoms with van der Waals surface area (Å²) < 4.78 is 1.000. The van der Waals surface area contributed by atoms with Crippen molar-refractivity contribution in [3.8, 4) is 0 Å². The molecule has 2 rings (SSSR count). The molecule has 1 unspecified atom stereocenters. The Morgan fingerprint density at radius 2 is 1.90 bits per heavy atom. The summed E-state index contributed by atoms with van der Waals surface area (Å²) in [4.78, 5) is 2.44. The van der Waals surface area contributed by atoms with Gasteiger partial charge in [0.1, 0.15) is 0 Å². The third-order valence-corrected chi connectivity index (χ3v) is 5.67. The zero-order valence-corrected chi connectivity index (χ0v) is 15.1. The van der Waals surface area contributed by atoms with Gasteiger partial charge in [0.2, 0.25) is 0 Å². The van der Waals surface area contributed by atoms with Crippen molar-refractivity contribution >= 4 is 15.9 Å². The molecule has 1 aromatic carbocycles. The molecule has 21 heavy (non-hydrogen) atoms. The Hall–Kier alpha value is -0.380. The van der Waals surface area contributed by atoms with Gasteiger partial charge in [0, 0.05) is 17.1 Å². The minimum Gasteiger partial charge on any atom is -0.388 e. The van der Waals surface area contributed by atoms with Crippen LogP contribution >= 0.6 is 15.9 Å². The molecule has 1 atom stereocenters. The van der Waals surface area contributed by atoms with Crippen LogP contribution < -0.4 is 0 Å². The summed E-state index contributed by atoms with van der Waals surface area (Å²) in [6.45, 7) is 5.70. The van der Waals surface area contributed by atoms with E-state index in [1.807, 2.05) is 24.3 Å². The van der Waals surface area contributed by atoms with Crippen molar-refractivity contribution in [2.45, 2.75) is 58.1 Å². The maximum Gasteiger partial charge on any atom is 0.0813 e. The number of rotatable bonds is 5. The van der Waals surface area contributed by atoms with E-state index < -0.39 is 0 Å². The van der Waals surface area contributed by atoms with Crippen molar-refractivity contribution < 1.29 is 5.11 Å². The Bertz CT molecular complexity index is 450. The van der Waals surface area contributed by atoms with Crippen molar-refractivity contribution in [3.63, 3.8) is 0 Å². The largest absolute Gasteiger partial charge is 0.388 e. The van der Waals surface area contributed by atoms with E-state index in [4.69, 9.17) is 0 Å². The van der Waals surface area contributed by atoms with Crippen LogP contribution in [0.2, 0.25) is 0 Å². The fraction of sp³-hybridized carbons (Fsp3) is 0.667. The summed E-state index contributed by atoms with van der Waals surface area (Å²) >= 11 is 3.52. The third kappa shape index (κ3) is 4.80. The van der Waals surface area contributed by atoms with Crippen LogP contribution in [0.15, 0.2) is 28.7 Å². The normalized spacial score (nSPS) is 20.7. The number of halogens is 1. The lowest BCUT2D eigenvalue weighted by Crippen LogP contribution is -2.38. The molecular weight excluding hydrogens is 326 g/mol. The highest BCUT2D eigenvalue weighted by Crippen LogP contribution is 2.36. The van der Waals surface area contributed by atoms with Crippen LogP contribution in [0.4, 0.5) is 0 Å². The van der Waals surface area contributed by atoms with Gasteiger partial charge < -0.3 is 10.0 Å². The van der Waals surface area contributed by atoms with E-state index in [2.05, 4.69) is 41.7 Å². The number of hydrogen-bond donors (Lipinski definition) is 1. The van der Waals surface area contributed by atoms with E-state index in [-0.39, 0.29) is 6.10 Å². The fourth-order valence-electron chi connectivity index (χ4n) is 3.23. The molecule has 1 aliphatic rings. The average molecular weight is 354 g/mol. The van der Waals surface area contributed by atoms with Crippen LogP contribution in [0.3, 0.4) is 0 Å². The standard InChI is InChI=1S/C18H28BrNO/c1-18(2)11-8-14(9-12-18)20(3)13-10-17(21)15-6-4-5-7-16(15)19/h4-7,14,17,21H,8-13H2,1-3H3. The minimum absolute atomic E-state index is 0.386. The maximum atomic E-state index is 10.4. The van der Waals surface area contributed by atoms with Crippen molar-refractivity contribution in [2.24, 2.45) is 5.41 Å². The van der Waals surface area contributed by atoms with Gasteiger partial charge in [-0.1, -0.05) is 48.0 Å². The molecule has 1 aliphatic carbocycles. The molecule has 0 heterocycles. The van der Waals surface area contributed by atoms with Crippen molar-refractivity contribution in [1.29, 1.82) is 0 Å². The van der Waals surface area contributed by atoms with Gasteiger partial charge in [-0.2, -0.15) is 0 Å².